The van der Waals surface area contributed by atoms with E-state index >= 15 is 0 Å². The second-order valence-electron chi connectivity index (χ2n) is 5.73. The number of hydrogen-bond acceptors (Lipinski definition) is 5. The molecule has 0 aliphatic carbocycles. The number of nitrogens with zero attached hydrogens (tertiary/aromatic N) is 3. The lowest BCUT2D eigenvalue weighted by Gasteiger charge is -2.37. The van der Waals surface area contributed by atoms with Gasteiger partial charge in [-0.1, -0.05) is 17.7 Å². The van der Waals surface area contributed by atoms with Crippen LogP contribution in [0.15, 0.2) is 42.6 Å². The fraction of sp³-hybridized carbons (Fsp3) is 0.312. The Morgan fingerprint density at radius 2 is 1.71 bits per heavy atom. The van der Waals surface area contributed by atoms with Gasteiger partial charge in [-0.3, -0.25) is 4.72 Å². The second-order valence-corrected chi connectivity index (χ2v) is 7.91. The maximum Gasteiger partial charge on any atom is 0.230 e. The van der Waals surface area contributed by atoms with Crippen molar-refractivity contribution in [3.8, 4) is 0 Å². The van der Waals surface area contributed by atoms with Gasteiger partial charge < -0.3 is 9.80 Å². The summed E-state index contributed by atoms with van der Waals surface area (Å²) in [5.74, 6) is 0.332. The lowest BCUT2D eigenvalue weighted by molar-refractivity contribution is 0.606. The molecule has 2 aromatic rings. The lowest BCUT2D eigenvalue weighted by Crippen LogP contribution is -2.46. The van der Waals surface area contributed by atoms with Crippen LogP contribution in [0.2, 0.25) is 5.02 Å². The van der Waals surface area contributed by atoms with Crippen LogP contribution in [0.25, 0.3) is 0 Å². The van der Waals surface area contributed by atoms with Gasteiger partial charge in [-0.15, -0.1) is 0 Å². The van der Waals surface area contributed by atoms with Gasteiger partial charge in [0.05, 0.1) is 18.1 Å². The quantitative estimate of drug-likeness (QED) is 0.900. The minimum absolute atomic E-state index is 0.332. The van der Waals surface area contributed by atoms with Crippen molar-refractivity contribution < 1.29 is 8.42 Å². The average Bonchev–Trinajstić information content (AvgIpc) is 2.54. The van der Waals surface area contributed by atoms with E-state index in [2.05, 4.69) is 25.6 Å². The maximum absolute atomic E-state index is 11.2. The first kappa shape index (κ1) is 16.9. The number of halogens is 1. The fourth-order valence-corrected chi connectivity index (χ4v) is 3.40. The number of hydrogen-bond donors (Lipinski definition) is 1. The van der Waals surface area contributed by atoms with E-state index in [0.717, 1.165) is 48.8 Å². The van der Waals surface area contributed by atoms with Gasteiger partial charge in [0.1, 0.15) is 5.82 Å². The van der Waals surface area contributed by atoms with Crippen molar-refractivity contribution >= 4 is 38.8 Å². The van der Waals surface area contributed by atoms with Crippen molar-refractivity contribution in [1.29, 1.82) is 0 Å². The number of rotatable bonds is 4. The number of pyridine rings is 1. The Labute approximate surface area is 147 Å². The van der Waals surface area contributed by atoms with Crippen LogP contribution in [0.5, 0.6) is 0 Å². The highest BCUT2D eigenvalue weighted by Crippen LogP contribution is 2.23. The molecule has 8 heteroatoms. The molecule has 2 heterocycles. The summed E-state index contributed by atoms with van der Waals surface area (Å²) < 4.78 is 24.8. The van der Waals surface area contributed by atoms with Crippen molar-refractivity contribution in [2.75, 3.05) is 47.0 Å². The van der Waals surface area contributed by atoms with Crippen LogP contribution in [0.4, 0.5) is 17.2 Å². The van der Waals surface area contributed by atoms with Gasteiger partial charge in [0.2, 0.25) is 10.0 Å². The highest BCUT2D eigenvalue weighted by atomic mass is 35.5. The van der Waals surface area contributed by atoms with Crippen LogP contribution in [0.3, 0.4) is 0 Å². The smallest absolute Gasteiger partial charge is 0.230 e. The number of sulfonamides is 1. The Kier molecular flexibility index (Phi) is 4.82. The largest absolute Gasteiger partial charge is 0.368 e. The van der Waals surface area contributed by atoms with Crippen molar-refractivity contribution in [3.63, 3.8) is 0 Å². The third kappa shape index (κ3) is 4.30. The predicted octanol–water partition coefficient (Wildman–Crippen LogP) is 2.43. The molecule has 1 saturated heterocycles. The summed E-state index contributed by atoms with van der Waals surface area (Å²) in [5.41, 5.74) is 2.12. The molecule has 0 amide bonds. The second kappa shape index (κ2) is 6.86. The van der Waals surface area contributed by atoms with E-state index < -0.39 is 10.0 Å². The summed E-state index contributed by atoms with van der Waals surface area (Å²) in [6, 6.07) is 11.4. The van der Waals surface area contributed by atoms with E-state index in [4.69, 9.17) is 11.6 Å². The van der Waals surface area contributed by atoms with Gasteiger partial charge in [0.25, 0.3) is 0 Å². The van der Waals surface area contributed by atoms with Crippen molar-refractivity contribution in [3.05, 3.63) is 47.6 Å². The van der Waals surface area contributed by atoms with Gasteiger partial charge in [0, 0.05) is 36.9 Å². The topological polar surface area (TPSA) is 65.5 Å². The molecule has 0 bridgehead atoms. The molecular formula is C16H19ClN4O2S. The monoisotopic (exact) mass is 366 g/mol. The first-order valence-electron chi connectivity index (χ1n) is 7.60. The number of benzene rings is 1. The summed E-state index contributed by atoms with van der Waals surface area (Å²) in [6.07, 6.45) is 2.81. The van der Waals surface area contributed by atoms with E-state index in [1.807, 2.05) is 24.3 Å². The maximum atomic E-state index is 11.2. The molecule has 0 unspecified atom stereocenters. The molecule has 6 nitrogen and oxygen atoms in total. The molecule has 0 radical (unpaired) electrons. The van der Waals surface area contributed by atoms with E-state index in [9.17, 15) is 8.42 Å². The van der Waals surface area contributed by atoms with Crippen molar-refractivity contribution in [1.82, 2.24) is 4.98 Å². The fourth-order valence-electron chi connectivity index (χ4n) is 2.72. The number of anilines is 3. The average molecular weight is 367 g/mol. The first-order chi connectivity index (χ1) is 11.4. The zero-order valence-electron chi connectivity index (χ0n) is 13.3. The van der Waals surface area contributed by atoms with E-state index in [1.165, 1.54) is 0 Å². The molecule has 0 atom stereocenters. The summed E-state index contributed by atoms with van der Waals surface area (Å²) in [5, 5.41) is 0.744. The van der Waals surface area contributed by atoms with Gasteiger partial charge in [-0.05, 0) is 30.3 Å². The first-order valence-corrected chi connectivity index (χ1v) is 9.87. The molecule has 3 rings (SSSR count). The van der Waals surface area contributed by atoms with Crippen LogP contribution in [-0.2, 0) is 10.0 Å². The summed E-state index contributed by atoms with van der Waals surface area (Å²) in [6.45, 7) is 3.52. The summed E-state index contributed by atoms with van der Waals surface area (Å²) in [7, 11) is -3.30. The molecule has 1 aromatic heterocycles. The van der Waals surface area contributed by atoms with Crippen LogP contribution in [0.1, 0.15) is 0 Å². The number of nitrogens with one attached hydrogen (secondary N) is 1. The molecule has 1 aromatic carbocycles. The van der Waals surface area contributed by atoms with Crippen molar-refractivity contribution in [2.24, 2.45) is 0 Å². The van der Waals surface area contributed by atoms with Gasteiger partial charge in [-0.25, -0.2) is 13.4 Å². The Morgan fingerprint density at radius 3 is 2.25 bits per heavy atom. The molecule has 1 N–H and O–H groups in total. The van der Waals surface area contributed by atoms with Crippen LogP contribution >= 0.6 is 11.6 Å². The highest BCUT2D eigenvalue weighted by Gasteiger charge is 2.18. The molecule has 1 aliphatic rings. The Balaban J connectivity index is 1.62. The zero-order chi connectivity index (χ0) is 17.2. The molecular weight excluding hydrogens is 348 g/mol. The third-order valence-corrected chi connectivity index (χ3v) is 4.67. The zero-order valence-corrected chi connectivity index (χ0v) is 14.9. The lowest BCUT2D eigenvalue weighted by atomic mass is 10.2. The Bertz CT molecular complexity index is 803. The standard InChI is InChI=1S/C16H19ClN4O2S/c1-24(22,23)19-16-6-5-15(12-18-16)21-9-7-20(8-10-21)14-4-2-3-13(17)11-14/h2-6,11-12H,7-10H2,1H3,(H,18,19). The molecule has 24 heavy (non-hydrogen) atoms. The Morgan fingerprint density at radius 1 is 1.04 bits per heavy atom. The van der Waals surface area contributed by atoms with Gasteiger partial charge in [0.15, 0.2) is 0 Å². The van der Waals surface area contributed by atoms with E-state index in [1.54, 1.807) is 12.3 Å². The highest BCUT2D eigenvalue weighted by molar-refractivity contribution is 7.92. The number of aromatic nitrogens is 1. The Hall–Kier alpha value is -1.99. The molecule has 128 valence electrons. The van der Waals surface area contributed by atoms with Crippen molar-refractivity contribution in [2.45, 2.75) is 0 Å². The third-order valence-electron chi connectivity index (χ3n) is 3.86. The van der Waals surface area contributed by atoms with Crippen LogP contribution < -0.4 is 14.5 Å². The SMILES string of the molecule is CS(=O)(=O)Nc1ccc(N2CCN(c3cccc(Cl)c3)CC2)cn1. The van der Waals surface area contributed by atoms with Gasteiger partial charge in [-0.2, -0.15) is 0 Å². The van der Waals surface area contributed by atoms with E-state index in [-0.39, 0.29) is 0 Å². The van der Waals surface area contributed by atoms with Gasteiger partial charge >= 0.3 is 0 Å². The summed E-state index contributed by atoms with van der Waals surface area (Å²) in [4.78, 5) is 8.70. The normalized spacial score (nSPS) is 15.4. The predicted molar refractivity (Wildman–Crippen MR) is 98.6 cm³/mol. The summed E-state index contributed by atoms with van der Waals surface area (Å²) >= 11 is 6.06. The number of piperazine rings is 1. The molecule has 0 saturated carbocycles. The van der Waals surface area contributed by atoms with Crippen LogP contribution in [-0.4, -0.2) is 45.8 Å². The minimum Gasteiger partial charge on any atom is -0.368 e. The van der Waals surface area contributed by atoms with E-state index in [0.29, 0.717) is 5.82 Å². The molecule has 1 aliphatic heterocycles. The molecule has 0 spiro atoms. The minimum atomic E-state index is -3.30. The van der Waals surface area contributed by atoms with Crippen LogP contribution in [0, 0.1) is 0 Å². The molecule has 1 fully saturated rings.